The zero-order chi connectivity index (χ0) is 11.7. The highest BCUT2D eigenvalue weighted by Crippen LogP contribution is 2.23. The molecule has 0 radical (unpaired) electrons. The fourth-order valence-corrected chi connectivity index (χ4v) is 1.59. The van der Waals surface area contributed by atoms with Gasteiger partial charge in [0.1, 0.15) is 11.3 Å². The summed E-state index contributed by atoms with van der Waals surface area (Å²) in [5.74, 6) is 0.0676. The molecule has 1 aromatic heterocycles. The second-order valence-electron chi connectivity index (χ2n) is 3.86. The van der Waals surface area contributed by atoms with Crippen LogP contribution in [0.5, 0.6) is 0 Å². The van der Waals surface area contributed by atoms with Gasteiger partial charge in [-0.2, -0.15) is 0 Å². The van der Waals surface area contributed by atoms with Gasteiger partial charge in [-0.3, -0.25) is 0 Å². The molecule has 0 aliphatic rings. The molecule has 1 atom stereocenters. The summed E-state index contributed by atoms with van der Waals surface area (Å²) in [7, 11) is 0. The Labute approximate surface area is 97.4 Å². The van der Waals surface area contributed by atoms with Crippen molar-refractivity contribution in [2.45, 2.75) is 25.8 Å². The van der Waals surface area contributed by atoms with Gasteiger partial charge in [0.2, 0.25) is 0 Å². The Morgan fingerprint density at radius 3 is 3.00 bits per heavy atom. The summed E-state index contributed by atoms with van der Waals surface area (Å²) in [6.07, 6.45) is 1.43. The molecule has 1 unspecified atom stereocenters. The van der Waals surface area contributed by atoms with E-state index in [1.54, 1.807) is 0 Å². The Hall–Kier alpha value is -1.13. The van der Waals surface area contributed by atoms with Crippen LogP contribution >= 0.6 is 11.6 Å². The first-order valence-electron chi connectivity index (χ1n) is 5.06. The third kappa shape index (κ3) is 2.33. The van der Waals surface area contributed by atoms with Gasteiger partial charge in [0.05, 0.1) is 5.02 Å². The minimum absolute atomic E-state index is 0.0551. The third-order valence-corrected chi connectivity index (χ3v) is 2.58. The third-order valence-electron chi connectivity index (χ3n) is 2.29. The smallest absolute Gasteiger partial charge is 0.195 e. The van der Waals surface area contributed by atoms with Crippen molar-refractivity contribution in [3.8, 4) is 0 Å². The first-order chi connectivity index (χ1) is 7.56. The summed E-state index contributed by atoms with van der Waals surface area (Å²) >= 11 is 5.65. The fraction of sp³-hybridized carbons (Fsp3) is 0.364. The van der Waals surface area contributed by atoms with Crippen LogP contribution < -0.4 is 5.73 Å². The summed E-state index contributed by atoms with van der Waals surface area (Å²) in [5.41, 5.74) is 6.63. The Kier molecular flexibility index (Phi) is 3.12. The Balaban J connectivity index is 2.29. The van der Waals surface area contributed by atoms with E-state index in [9.17, 15) is 4.39 Å². The zero-order valence-corrected chi connectivity index (χ0v) is 9.59. The lowest BCUT2D eigenvalue weighted by molar-refractivity contribution is 0.503. The summed E-state index contributed by atoms with van der Waals surface area (Å²) in [5, 5.41) is 0.0551. The van der Waals surface area contributed by atoms with Crippen LogP contribution in [0.15, 0.2) is 16.5 Å². The second-order valence-corrected chi connectivity index (χ2v) is 4.26. The van der Waals surface area contributed by atoms with Gasteiger partial charge in [-0.1, -0.05) is 11.6 Å². The van der Waals surface area contributed by atoms with E-state index in [0.29, 0.717) is 23.4 Å². The van der Waals surface area contributed by atoms with E-state index in [4.69, 9.17) is 21.8 Å². The Morgan fingerprint density at radius 1 is 1.56 bits per heavy atom. The van der Waals surface area contributed by atoms with Gasteiger partial charge in [0.25, 0.3) is 0 Å². The molecule has 0 amide bonds. The van der Waals surface area contributed by atoms with Gasteiger partial charge in [0, 0.05) is 18.5 Å². The van der Waals surface area contributed by atoms with Crippen molar-refractivity contribution in [3.63, 3.8) is 0 Å². The van der Waals surface area contributed by atoms with E-state index >= 15 is 0 Å². The molecule has 1 aromatic carbocycles. The lowest BCUT2D eigenvalue weighted by atomic mass is 10.2. The van der Waals surface area contributed by atoms with Crippen LogP contribution in [0.25, 0.3) is 11.1 Å². The molecule has 16 heavy (non-hydrogen) atoms. The molecule has 2 rings (SSSR count). The standard InChI is InChI=1S/C11H12ClFN2O/c1-6(14)2-3-11-15-9-4-7(12)8(13)5-10(9)16-11/h4-6H,2-3,14H2,1H3. The van der Waals surface area contributed by atoms with E-state index in [2.05, 4.69) is 4.98 Å². The van der Waals surface area contributed by atoms with E-state index in [0.717, 1.165) is 6.42 Å². The quantitative estimate of drug-likeness (QED) is 0.900. The number of aromatic nitrogens is 1. The van der Waals surface area contributed by atoms with Crippen molar-refractivity contribution < 1.29 is 8.81 Å². The van der Waals surface area contributed by atoms with Crippen molar-refractivity contribution in [2.75, 3.05) is 0 Å². The van der Waals surface area contributed by atoms with Crippen LogP contribution in [-0.4, -0.2) is 11.0 Å². The molecule has 1 heterocycles. The topological polar surface area (TPSA) is 52.0 Å². The van der Waals surface area contributed by atoms with Gasteiger partial charge in [0.15, 0.2) is 11.5 Å². The molecule has 2 N–H and O–H groups in total. The molecular formula is C11H12ClFN2O. The minimum atomic E-state index is -0.496. The van der Waals surface area contributed by atoms with Gasteiger partial charge in [-0.25, -0.2) is 9.37 Å². The summed E-state index contributed by atoms with van der Waals surface area (Å²) in [6, 6.07) is 2.81. The van der Waals surface area contributed by atoms with Crippen molar-refractivity contribution >= 4 is 22.7 Å². The number of hydrogen-bond acceptors (Lipinski definition) is 3. The molecule has 5 heteroatoms. The van der Waals surface area contributed by atoms with Crippen molar-refractivity contribution in [1.29, 1.82) is 0 Å². The van der Waals surface area contributed by atoms with Crippen LogP contribution in [0.2, 0.25) is 5.02 Å². The molecule has 0 saturated carbocycles. The number of rotatable bonds is 3. The number of benzene rings is 1. The van der Waals surface area contributed by atoms with Crippen LogP contribution in [0.4, 0.5) is 4.39 Å². The Morgan fingerprint density at radius 2 is 2.31 bits per heavy atom. The molecule has 0 aliphatic carbocycles. The number of nitrogens with zero attached hydrogens (tertiary/aromatic N) is 1. The van der Waals surface area contributed by atoms with Gasteiger partial charge in [-0.15, -0.1) is 0 Å². The number of aryl methyl sites for hydroxylation is 1. The number of halogens is 2. The molecule has 0 bridgehead atoms. The van der Waals surface area contributed by atoms with Crippen LogP contribution in [0.3, 0.4) is 0 Å². The highest BCUT2D eigenvalue weighted by Gasteiger charge is 2.10. The zero-order valence-electron chi connectivity index (χ0n) is 8.84. The van der Waals surface area contributed by atoms with Crippen molar-refractivity contribution in [2.24, 2.45) is 5.73 Å². The fourth-order valence-electron chi connectivity index (χ4n) is 1.43. The molecule has 0 saturated heterocycles. The first kappa shape index (κ1) is 11.4. The molecule has 0 fully saturated rings. The largest absolute Gasteiger partial charge is 0.441 e. The number of nitrogens with two attached hydrogens (primary N) is 1. The van der Waals surface area contributed by atoms with Crippen LogP contribution in [0.1, 0.15) is 19.2 Å². The molecule has 2 aromatic rings. The maximum Gasteiger partial charge on any atom is 0.195 e. The molecule has 0 spiro atoms. The van der Waals surface area contributed by atoms with Crippen LogP contribution in [0, 0.1) is 5.82 Å². The van der Waals surface area contributed by atoms with E-state index in [1.165, 1.54) is 12.1 Å². The maximum absolute atomic E-state index is 13.1. The predicted octanol–water partition coefficient (Wildman–Crippen LogP) is 2.90. The molecule has 86 valence electrons. The maximum atomic E-state index is 13.1. The highest BCUT2D eigenvalue weighted by molar-refractivity contribution is 6.31. The normalized spacial score (nSPS) is 13.2. The number of oxazole rings is 1. The number of hydrogen-bond donors (Lipinski definition) is 1. The van der Waals surface area contributed by atoms with Crippen molar-refractivity contribution in [1.82, 2.24) is 4.98 Å². The van der Waals surface area contributed by atoms with Gasteiger partial charge >= 0.3 is 0 Å². The summed E-state index contributed by atoms with van der Waals surface area (Å²) < 4.78 is 18.5. The van der Waals surface area contributed by atoms with E-state index < -0.39 is 5.82 Å². The van der Waals surface area contributed by atoms with Gasteiger partial charge < -0.3 is 10.2 Å². The van der Waals surface area contributed by atoms with E-state index in [-0.39, 0.29) is 11.1 Å². The SMILES string of the molecule is CC(N)CCc1nc2cc(Cl)c(F)cc2o1. The Bertz CT molecular complexity index is 471. The molecule has 3 nitrogen and oxygen atoms in total. The van der Waals surface area contributed by atoms with Gasteiger partial charge in [-0.05, 0) is 19.4 Å². The monoisotopic (exact) mass is 242 g/mol. The molecular weight excluding hydrogens is 231 g/mol. The van der Waals surface area contributed by atoms with E-state index in [1.807, 2.05) is 6.92 Å². The predicted molar refractivity (Wildman–Crippen MR) is 60.9 cm³/mol. The average Bonchev–Trinajstić information content (AvgIpc) is 2.58. The van der Waals surface area contributed by atoms with Crippen molar-refractivity contribution in [3.05, 3.63) is 28.9 Å². The number of fused-ring (bicyclic) bond motifs is 1. The lowest BCUT2D eigenvalue weighted by Crippen LogP contribution is -2.15. The summed E-state index contributed by atoms with van der Waals surface area (Å²) in [4.78, 5) is 4.21. The molecule has 0 aliphatic heterocycles. The minimum Gasteiger partial charge on any atom is -0.441 e. The highest BCUT2D eigenvalue weighted by atomic mass is 35.5. The van der Waals surface area contributed by atoms with Crippen LogP contribution in [-0.2, 0) is 6.42 Å². The average molecular weight is 243 g/mol. The second kappa shape index (κ2) is 4.39. The summed E-state index contributed by atoms with van der Waals surface area (Å²) in [6.45, 7) is 1.92. The lowest BCUT2D eigenvalue weighted by Gasteiger charge is -1.99. The first-order valence-corrected chi connectivity index (χ1v) is 5.44.